The second-order valence-corrected chi connectivity index (χ2v) is 3.14. The van der Waals surface area contributed by atoms with Crippen LogP contribution in [0.1, 0.15) is 17.3 Å². The number of benzene rings is 1. The SMILES string of the molecule is COc1cc(OCC(=O)O)cc(C(C)=O)c1. The molecule has 0 heterocycles. The van der Waals surface area contributed by atoms with Crippen molar-refractivity contribution in [3.05, 3.63) is 23.8 Å². The molecule has 0 unspecified atom stereocenters. The molecule has 86 valence electrons. The molecule has 0 aliphatic rings. The average molecular weight is 224 g/mol. The van der Waals surface area contributed by atoms with E-state index >= 15 is 0 Å². The molecule has 0 amide bonds. The minimum absolute atomic E-state index is 0.140. The molecular weight excluding hydrogens is 212 g/mol. The second kappa shape index (κ2) is 5.16. The van der Waals surface area contributed by atoms with E-state index in [1.807, 2.05) is 0 Å². The zero-order chi connectivity index (χ0) is 12.1. The Morgan fingerprint density at radius 2 is 1.88 bits per heavy atom. The highest BCUT2D eigenvalue weighted by molar-refractivity contribution is 5.94. The van der Waals surface area contributed by atoms with Crippen LogP contribution in [0.15, 0.2) is 18.2 Å². The second-order valence-electron chi connectivity index (χ2n) is 3.14. The molecule has 0 aliphatic heterocycles. The van der Waals surface area contributed by atoms with E-state index in [1.165, 1.54) is 26.2 Å². The first kappa shape index (κ1) is 12.0. The van der Waals surface area contributed by atoms with Crippen molar-refractivity contribution in [2.24, 2.45) is 0 Å². The minimum Gasteiger partial charge on any atom is -0.497 e. The van der Waals surface area contributed by atoms with Gasteiger partial charge in [0.25, 0.3) is 0 Å². The molecule has 0 saturated carbocycles. The molecule has 0 saturated heterocycles. The molecule has 5 heteroatoms. The highest BCUT2D eigenvalue weighted by Crippen LogP contribution is 2.23. The van der Waals surface area contributed by atoms with E-state index < -0.39 is 12.6 Å². The third-order valence-electron chi connectivity index (χ3n) is 1.88. The van der Waals surface area contributed by atoms with Crippen molar-refractivity contribution < 1.29 is 24.2 Å². The number of ether oxygens (including phenoxy) is 2. The summed E-state index contributed by atoms with van der Waals surface area (Å²) in [6.07, 6.45) is 0. The number of rotatable bonds is 5. The molecule has 1 N–H and O–H groups in total. The molecule has 0 spiro atoms. The lowest BCUT2D eigenvalue weighted by Gasteiger charge is -2.07. The average Bonchev–Trinajstić information content (AvgIpc) is 2.25. The zero-order valence-electron chi connectivity index (χ0n) is 9.02. The third kappa shape index (κ3) is 3.27. The summed E-state index contributed by atoms with van der Waals surface area (Å²) < 4.78 is 9.94. The first-order valence-electron chi connectivity index (χ1n) is 4.57. The van der Waals surface area contributed by atoms with Crippen molar-refractivity contribution in [1.29, 1.82) is 0 Å². The van der Waals surface area contributed by atoms with Crippen LogP contribution in [0.3, 0.4) is 0 Å². The Morgan fingerprint density at radius 3 is 2.38 bits per heavy atom. The van der Waals surface area contributed by atoms with Crippen LogP contribution in [0.4, 0.5) is 0 Å². The van der Waals surface area contributed by atoms with E-state index in [2.05, 4.69) is 0 Å². The Labute approximate surface area is 92.6 Å². The Bertz CT molecular complexity index is 411. The maximum Gasteiger partial charge on any atom is 0.341 e. The summed E-state index contributed by atoms with van der Waals surface area (Å²) in [4.78, 5) is 21.5. The summed E-state index contributed by atoms with van der Waals surface area (Å²) in [5.41, 5.74) is 0.416. The van der Waals surface area contributed by atoms with Crippen molar-refractivity contribution in [2.75, 3.05) is 13.7 Å². The number of carboxylic acids is 1. The minimum atomic E-state index is -1.08. The van der Waals surface area contributed by atoms with E-state index in [1.54, 1.807) is 6.07 Å². The number of carboxylic acid groups (broad SMARTS) is 1. The number of ketones is 1. The smallest absolute Gasteiger partial charge is 0.341 e. The Hall–Kier alpha value is -2.04. The van der Waals surface area contributed by atoms with E-state index in [9.17, 15) is 9.59 Å². The van der Waals surface area contributed by atoms with Gasteiger partial charge in [0.1, 0.15) is 11.5 Å². The van der Waals surface area contributed by atoms with Gasteiger partial charge >= 0.3 is 5.97 Å². The van der Waals surface area contributed by atoms with Crippen LogP contribution in [0.5, 0.6) is 11.5 Å². The van der Waals surface area contributed by atoms with Gasteiger partial charge in [0.15, 0.2) is 12.4 Å². The molecule has 0 radical (unpaired) electrons. The molecule has 1 aromatic rings. The van der Waals surface area contributed by atoms with Gasteiger partial charge in [-0.25, -0.2) is 4.79 Å². The molecule has 0 fully saturated rings. The lowest BCUT2D eigenvalue weighted by molar-refractivity contribution is -0.139. The zero-order valence-corrected chi connectivity index (χ0v) is 9.02. The third-order valence-corrected chi connectivity index (χ3v) is 1.88. The molecule has 0 aliphatic carbocycles. The van der Waals surface area contributed by atoms with E-state index in [0.29, 0.717) is 17.1 Å². The van der Waals surface area contributed by atoms with Crippen LogP contribution in [0.25, 0.3) is 0 Å². The van der Waals surface area contributed by atoms with Gasteiger partial charge in [-0.05, 0) is 19.1 Å². The van der Waals surface area contributed by atoms with Crippen LogP contribution in [0.2, 0.25) is 0 Å². The predicted octanol–water partition coefficient (Wildman–Crippen LogP) is 1.36. The van der Waals surface area contributed by atoms with Crippen molar-refractivity contribution in [3.8, 4) is 11.5 Å². The number of carbonyl (C=O) groups is 2. The molecule has 5 nitrogen and oxygen atoms in total. The Morgan fingerprint density at radius 1 is 1.25 bits per heavy atom. The van der Waals surface area contributed by atoms with Gasteiger partial charge in [0.2, 0.25) is 0 Å². The molecule has 0 aromatic heterocycles. The van der Waals surface area contributed by atoms with Gasteiger partial charge in [-0.15, -0.1) is 0 Å². The number of hydrogen-bond donors (Lipinski definition) is 1. The van der Waals surface area contributed by atoms with Crippen molar-refractivity contribution in [1.82, 2.24) is 0 Å². The van der Waals surface area contributed by atoms with Gasteiger partial charge in [0.05, 0.1) is 7.11 Å². The standard InChI is InChI=1S/C11H12O5/c1-7(12)8-3-9(15-2)5-10(4-8)16-6-11(13)14/h3-5H,6H2,1-2H3,(H,13,14). The fourth-order valence-corrected chi connectivity index (χ4v) is 1.12. The largest absolute Gasteiger partial charge is 0.497 e. The van der Waals surface area contributed by atoms with Crippen molar-refractivity contribution in [2.45, 2.75) is 6.92 Å². The van der Waals surface area contributed by atoms with Crippen LogP contribution < -0.4 is 9.47 Å². The Kier molecular flexibility index (Phi) is 3.88. The van der Waals surface area contributed by atoms with Gasteiger partial charge in [-0.3, -0.25) is 4.79 Å². The maximum atomic E-state index is 11.2. The van der Waals surface area contributed by atoms with Gasteiger partial charge < -0.3 is 14.6 Å². The van der Waals surface area contributed by atoms with Crippen LogP contribution in [-0.4, -0.2) is 30.6 Å². The molecule has 16 heavy (non-hydrogen) atoms. The summed E-state index contributed by atoms with van der Waals surface area (Å²) in [5, 5.41) is 8.46. The maximum absolute atomic E-state index is 11.2. The summed E-state index contributed by atoms with van der Waals surface area (Å²) in [6, 6.07) is 4.57. The summed E-state index contributed by atoms with van der Waals surface area (Å²) in [7, 11) is 1.46. The molecule has 1 aromatic carbocycles. The van der Waals surface area contributed by atoms with Crippen LogP contribution in [-0.2, 0) is 4.79 Å². The summed E-state index contributed by atoms with van der Waals surface area (Å²) >= 11 is 0. The molecule has 1 rings (SSSR count). The summed E-state index contributed by atoms with van der Waals surface area (Å²) in [6.45, 7) is 0.959. The molecular formula is C11H12O5. The Balaban J connectivity index is 2.95. The van der Waals surface area contributed by atoms with Gasteiger partial charge in [0, 0.05) is 11.6 Å². The normalized spacial score (nSPS) is 9.62. The first-order valence-corrected chi connectivity index (χ1v) is 4.57. The van der Waals surface area contributed by atoms with E-state index in [-0.39, 0.29) is 5.78 Å². The van der Waals surface area contributed by atoms with Gasteiger partial charge in [-0.1, -0.05) is 0 Å². The van der Waals surface area contributed by atoms with Crippen LogP contribution in [0, 0.1) is 0 Å². The fourth-order valence-electron chi connectivity index (χ4n) is 1.12. The molecule has 0 bridgehead atoms. The van der Waals surface area contributed by atoms with E-state index in [0.717, 1.165) is 0 Å². The highest BCUT2D eigenvalue weighted by Gasteiger charge is 2.07. The predicted molar refractivity (Wildman–Crippen MR) is 56.1 cm³/mol. The lowest BCUT2D eigenvalue weighted by atomic mass is 10.1. The number of carbonyl (C=O) groups excluding carboxylic acids is 1. The monoisotopic (exact) mass is 224 g/mol. The fraction of sp³-hybridized carbons (Fsp3) is 0.273. The van der Waals surface area contributed by atoms with Crippen LogP contribution >= 0.6 is 0 Å². The van der Waals surface area contributed by atoms with Gasteiger partial charge in [-0.2, -0.15) is 0 Å². The van der Waals surface area contributed by atoms with Crippen molar-refractivity contribution >= 4 is 11.8 Å². The van der Waals surface area contributed by atoms with Crippen molar-refractivity contribution in [3.63, 3.8) is 0 Å². The highest BCUT2D eigenvalue weighted by atomic mass is 16.5. The molecule has 0 atom stereocenters. The lowest BCUT2D eigenvalue weighted by Crippen LogP contribution is -2.09. The number of methoxy groups -OCH3 is 1. The summed E-state index contributed by atoms with van der Waals surface area (Å²) in [5.74, 6) is -0.466. The van der Waals surface area contributed by atoms with E-state index in [4.69, 9.17) is 14.6 Å². The topological polar surface area (TPSA) is 72.8 Å². The number of Topliss-reactive ketones (excluding diaryl/α,β-unsaturated/α-hetero) is 1. The quantitative estimate of drug-likeness (QED) is 0.764. The number of aliphatic carboxylic acids is 1. The first-order chi connectivity index (χ1) is 7.52. The number of hydrogen-bond acceptors (Lipinski definition) is 4.